The average Bonchev–Trinajstić information content (AvgIpc) is 2.69. The SMILES string of the molecule is O=C(NCCc1cccnc1)N1CCCSCC1. The summed E-state index contributed by atoms with van der Waals surface area (Å²) in [7, 11) is 0. The Bertz CT molecular complexity index is 364. The fraction of sp³-hybridized carbons (Fsp3) is 0.538. The Morgan fingerprint density at radius 2 is 2.39 bits per heavy atom. The van der Waals surface area contributed by atoms with Gasteiger partial charge in [-0.2, -0.15) is 11.8 Å². The molecule has 18 heavy (non-hydrogen) atoms. The van der Waals surface area contributed by atoms with Crippen molar-refractivity contribution in [1.29, 1.82) is 0 Å². The monoisotopic (exact) mass is 265 g/mol. The molecule has 0 unspecified atom stereocenters. The molecule has 0 spiro atoms. The number of pyridine rings is 1. The van der Waals surface area contributed by atoms with Gasteiger partial charge in [0.05, 0.1) is 0 Å². The summed E-state index contributed by atoms with van der Waals surface area (Å²) >= 11 is 1.93. The van der Waals surface area contributed by atoms with Crippen LogP contribution in [0.15, 0.2) is 24.5 Å². The fourth-order valence-corrected chi connectivity index (χ4v) is 2.81. The number of hydrogen-bond donors (Lipinski definition) is 1. The summed E-state index contributed by atoms with van der Waals surface area (Å²) in [5, 5.41) is 2.98. The summed E-state index contributed by atoms with van der Waals surface area (Å²) in [5.74, 6) is 2.22. The molecule has 1 aliphatic heterocycles. The van der Waals surface area contributed by atoms with Crippen LogP contribution in [-0.2, 0) is 6.42 Å². The average molecular weight is 265 g/mol. The molecular weight excluding hydrogens is 246 g/mol. The van der Waals surface area contributed by atoms with Crippen LogP contribution in [0.5, 0.6) is 0 Å². The first-order valence-corrected chi connectivity index (χ1v) is 7.51. The summed E-state index contributed by atoms with van der Waals surface area (Å²) in [6.07, 6.45) is 5.54. The molecule has 2 rings (SSSR count). The minimum atomic E-state index is 0.0707. The van der Waals surface area contributed by atoms with Crippen molar-refractivity contribution < 1.29 is 4.79 Å². The third-order valence-corrected chi connectivity index (χ3v) is 3.97. The third-order valence-electron chi connectivity index (χ3n) is 2.92. The van der Waals surface area contributed by atoms with Crippen LogP contribution in [-0.4, -0.2) is 47.1 Å². The first-order chi connectivity index (χ1) is 8.86. The second-order valence-electron chi connectivity index (χ2n) is 4.30. The number of amides is 2. The number of thioether (sulfide) groups is 1. The molecule has 0 aromatic carbocycles. The zero-order valence-electron chi connectivity index (χ0n) is 10.5. The van der Waals surface area contributed by atoms with E-state index in [-0.39, 0.29) is 6.03 Å². The van der Waals surface area contributed by atoms with Crippen LogP contribution in [0.4, 0.5) is 4.79 Å². The van der Waals surface area contributed by atoms with E-state index in [0.717, 1.165) is 37.2 Å². The number of hydrogen-bond acceptors (Lipinski definition) is 3. The van der Waals surface area contributed by atoms with Crippen LogP contribution in [0.1, 0.15) is 12.0 Å². The summed E-state index contributed by atoms with van der Waals surface area (Å²) in [5.41, 5.74) is 1.16. The van der Waals surface area contributed by atoms with Crippen molar-refractivity contribution in [3.8, 4) is 0 Å². The number of nitrogens with zero attached hydrogens (tertiary/aromatic N) is 2. The van der Waals surface area contributed by atoms with E-state index in [9.17, 15) is 4.79 Å². The molecule has 0 bridgehead atoms. The maximum atomic E-state index is 11.9. The van der Waals surface area contributed by atoms with E-state index in [0.29, 0.717) is 6.54 Å². The summed E-state index contributed by atoms with van der Waals surface area (Å²) in [6.45, 7) is 2.42. The number of urea groups is 1. The molecule has 4 nitrogen and oxygen atoms in total. The van der Waals surface area contributed by atoms with Crippen molar-refractivity contribution in [1.82, 2.24) is 15.2 Å². The minimum absolute atomic E-state index is 0.0707. The van der Waals surface area contributed by atoms with Crippen LogP contribution in [0, 0.1) is 0 Å². The molecule has 1 saturated heterocycles. The smallest absolute Gasteiger partial charge is 0.317 e. The molecule has 0 radical (unpaired) electrons. The molecule has 2 amide bonds. The van der Waals surface area contributed by atoms with Crippen LogP contribution in [0.25, 0.3) is 0 Å². The molecule has 1 aromatic heterocycles. The highest BCUT2D eigenvalue weighted by Crippen LogP contribution is 2.09. The van der Waals surface area contributed by atoms with Crippen molar-refractivity contribution >= 4 is 17.8 Å². The molecule has 0 atom stereocenters. The highest BCUT2D eigenvalue weighted by molar-refractivity contribution is 7.99. The maximum absolute atomic E-state index is 11.9. The Morgan fingerprint density at radius 1 is 1.44 bits per heavy atom. The van der Waals surface area contributed by atoms with E-state index in [1.807, 2.05) is 35.0 Å². The Labute approximate surface area is 112 Å². The summed E-state index contributed by atoms with van der Waals surface area (Å²) in [6, 6.07) is 4.02. The molecule has 98 valence electrons. The van der Waals surface area contributed by atoms with E-state index in [4.69, 9.17) is 0 Å². The Kier molecular flexibility index (Phi) is 5.33. The highest BCUT2D eigenvalue weighted by Gasteiger charge is 2.14. The van der Waals surface area contributed by atoms with Crippen molar-refractivity contribution in [2.75, 3.05) is 31.1 Å². The second kappa shape index (κ2) is 7.26. The van der Waals surface area contributed by atoms with Gasteiger partial charge in [0.1, 0.15) is 0 Å². The van der Waals surface area contributed by atoms with E-state index in [2.05, 4.69) is 10.3 Å². The lowest BCUT2D eigenvalue weighted by Gasteiger charge is -2.20. The maximum Gasteiger partial charge on any atom is 0.317 e. The first-order valence-electron chi connectivity index (χ1n) is 6.36. The zero-order chi connectivity index (χ0) is 12.6. The molecule has 1 N–H and O–H groups in total. The van der Waals surface area contributed by atoms with Gasteiger partial charge in [0, 0.05) is 37.8 Å². The predicted octanol–water partition coefficient (Wildman–Crippen LogP) is 1.77. The Morgan fingerprint density at radius 3 is 3.22 bits per heavy atom. The lowest BCUT2D eigenvalue weighted by atomic mass is 10.2. The van der Waals surface area contributed by atoms with Gasteiger partial charge < -0.3 is 10.2 Å². The number of rotatable bonds is 3. The van der Waals surface area contributed by atoms with Gasteiger partial charge in [0.15, 0.2) is 0 Å². The van der Waals surface area contributed by atoms with Crippen molar-refractivity contribution in [3.63, 3.8) is 0 Å². The normalized spacial score (nSPS) is 16.1. The van der Waals surface area contributed by atoms with Crippen LogP contribution < -0.4 is 5.32 Å². The Balaban J connectivity index is 1.71. The summed E-state index contributed by atoms with van der Waals surface area (Å²) in [4.78, 5) is 17.9. The quantitative estimate of drug-likeness (QED) is 0.906. The van der Waals surface area contributed by atoms with Crippen LogP contribution in [0.2, 0.25) is 0 Å². The van der Waals surface area contributed by atoms with E-state index in [1.54, 1.807) is 6.20 Å². The second-order valence-corrected chi connectivity index (χ2v) is 5.52. The molecule has 1 fully saturated rings. The van der Waals surface area contributed by atoms with Gasteiger partial charge in [0.2, 0.25) is 0 Å². The topological polar surface area (TPSA) is 45.2 Å². The van der Waals surface area contributed by atoms with Gasteiger partial charge in [-0.15, -0.1) is 0 Å². The third kappa shape index (κ3) is 4.22. The lowest BCUT2D eigenvalue weighted by Crippen LogP contribution is -2.41. The number of aromatic nitrogens is 1. The predicted molar refractivity (Wildman–Crippen MR) is 74.9 cm³/mol. The van der Waals surface area contributed by atoms with Gasteiger partial charge in [-0.25, -0.2) is 4.79 Å². The molecule has 0 saturated carbocycles. The van der Waals surface area contributed by atoms with Crippen LogP contribution >= 0.6 is 11.8 Å². The highest BCUT2D eigenvalue weighted by atomic mass is 32.2. The van der Waals surface area contributed by atoms with Crippen molar-refractivity contribution in [2.45, 2.75) is 12.8 Å². The van der Waals surface area contributed by atoms with Crippen LogP contribution in [0.3, 0.4) is 0 Å². The van der Waals surface area contributed by atoms with E-state index in [1.165, 1.54) is 5.75 Å². The van der Waals surface area contributed by atoms with Gasteiger partial charge in [-0.05, 0) is 30.2 Å². The van der Waals surface area contributed by atoms with Gasteiger partial charge >= 0.3 is 6.03 Å². The van der Waals surface area contributed by atoms with Gasteiger partial charge in [0.25, 0.3) is 0 Å². The zero-order valence-corrected chi connectivity index (χ0v) is 11.3. The van der Waals surface area contributed by atoms with Crippen molar-refractivity contribution in [3.05, 3.63) is 30.1 Å². The lowest BCUT2D eigenvalue weighted by molar-refractivity contribution is 0.202. The fourth-order valence-electron chi connectivity index (χ4n) is 1.92. The molecule has 1 aliphatic rings. The van der Waals surface area contributed by atoms with Crippen molar-refractivity contribution in [2.24, 2.45) is 0 Å². The van der Waals surface area contributed by atoms with Gasteiger partial charge in [-0.1, -0.05) is 6.07 Å². The largest absolute Gasteiger partial charge is 0.338 e. The standard InChI is InChI=1S/C13H19N3OS/c17-13(16-7-2-9-18-10-8-16)15-6-4-12-3-1-5-14-11-12/h1,3,5,11H,2,4,6-10H2,(H,15,17). The molecule has 1 aromatic rings. The number of carbonyl (C=O) groups excluding carboxylic acids is 1. The van der Waals surface area contributed by atoms with E-state index < -0.39 is 0 Å². The summed E-state index contributed by atoms with van der Waals surface area (Å²) < 4.78 is 0. The van der Waals surface area contributed by atoms with Gasteiger partial charge in [-0.3, -0.25) is 4.98 Å². The van der Waals surface area contributed by atoms with E-state index >= 15 is 0 Å². The molecule has 0 aliphatic carbocycles. The number of nitrogens with one attached hydrogen (secondary N) is 1. The molecule has 5 heteroatoms. The molecular formula is C13H19N3OS. The Hall–Kier alpha value is -1.23. The minimum Gasteiger partial charge on any atom is -0.338 e. The molecule has 2 heterocycles. The number of carbonyl (C=O) groups is 1. The first kappa shape index (κ1) is 13.2.